The molecule has 1 amide bonds. The van der Waals surface area contributed by atoms with E-state index in [9.17, 15) is 4.79 Å². The fourth-order valence-corrected chi connectivity index (χ4v) is 2.62. The number of hydrogen-bond acceptors (Lipinski definition) is 4. The van der Waals surface area contributed by atoms with E-state index in [-0.39, 0.29) is 12.0 Å². The minimum Gasteiger partial charge on any atom is -0.489 e. The molecule has 0 aliphatic heterocycles. The van der Waals surface area contributed by atoms with Gasteiger partial charge in [-0.25, -0.2) is 4.98 Å². The van der Waals surface area contributed by atoms with E-state index in [0.717, 1.165) is 11.4 Å². The molecule has 0 saturated heterocycles. The number of halogens is 1. The standard InChI is InChI=1S/C21H20ClN3O2/c1-14(2)27-20-10-6-5-9-18(20)25-21(26)19-12-11-15(13-23-19)24-17-8-4-3-7-16(17)22/h3-14,24H,1-2H3,(H,25,26). The summed E-state index contributed by atoms with van der Waals surface area (Å²) in [6.45, 7) is 3.87. The molecule has 3 rings (SSSR count). The van der Waals surface area contributed by atoms with Crippen LogP contribution in [-0.2, 0) is 0 Å². The third-order valence-corrected chi connectivity index (χ3v) is 3.98. The van der Waals surface area contributed by atoms with Crippen molar-refractivity contribution in [2.75, 3.05) is 10.6 Å². The lowest BCUT2D eigenvalue weighted by atomic mass is 10.2. The summed E-state index contributed by atoms with van der Waals surface area (Å²) in [7, 11) is 0. The van der Waals surface area contributed by atoms with Gasteiger partial charge in [0.2, 0.25) is 0 Å². The van der Waals surface area contributed by atoms with Gasteiger partial charge in [0.25, 0.3) is 5.91 Å². The topological polar surface area (TPSA) is 63.2 Å². The van der Waals surface area contributed by atoms with Crippen molar-refractivity contribution in [3.05, 3.63) is 77.6 Å². The number of rotatable bonds is 6. The van der Waals surface area contributed by atoms with Crippen LogP contribution >= 0.6 is 11.6 Å². The highest BCUT2D eigenvalue weighted by Crippen LogP contribution is 2.26. The number of nitrogens with zero attached hydrogens (tertiary/aromatic N) is 1. The molecule has 1 aromatic heterocycles. The van der Waals surface area contributed by atoms with Crippen molar-refractivity contribution in [2.45, 2.75) is 20.0 Å². The molecule has 0 aliphatic carbocycles. The van der Waals surface area contributed by atoms with E-state index in [0.29, 0.717) is 22.2 Å². The van der Waals surface area contributed by atoms with Crippen molar-refractivity contribution in [3.8, 4) is 5.75 Å². The molecule has 2 N–H and O–H groups in total. The number of hydrogen-bond donors (Lipinski definition) is 2. The minimum absolute atomic E-state index is 0.0105. The van der Waals surface area contributed by atoms with E-state index >= 15 is 0 Å². The maximum Gasteiger partial charge on any atom is 0.274 e. The fourth-order valence-electron chi connectivity index (χ4n) is 2.43. The summed E-state index contributed by atoms with van der Waals surface area (Å²) in [5, 5.41) is 6.63. The number of amides is 1. The average Bonchev–Trinajstić information content (AvgIpc) is 2.65. The summed E-state index contributed by atoms with van der Waals surface area (Å²) in [5.74, 6) is 0.317. The molecule has 0 unspecified atom stereocenters. The Kier molecular flexibility index (Phi) is 5.94. The number of para-hydroxylation sites is 3. The molecule has 0 saturated carbocycles. The van der Waals surface area contributed by atoms with Crippen molar-refractivity contribution in [1.82, 2.24) is 4.98 Å². The molecule has 27 heavy (non-hydrogen) atoms. The van der Waals surface area contributed by atoms with Gasteiger partial charge in [-0.05, 0) is 50.2 Å². The third kappa shape index (κ3) is 4.99. The predicted octanol–water partition coefficient (Wildman–Crippen LogP) is 5.52. The van der Waals surface area contributed by atoms with E-state index in [1.54, 1.807) is 30.5 Å². The average molecular weight is 382 g/mol. The van der Waals surface area contributed by atoms with Crippen molar-refractivity contribution < 1.29 is 9.53 Å². The molecule has 0 aliphatic rings. The molecule has 2 aromatic carbocycles. The summed E-state index contributed by atoms with van der Waals surface area (Å²) in [6, 6.07) is 18.2. The molecule has 5 nitrogen and oxygen atoms in total. The van der Waals surface area contributed by atoms with Crippen molar-refractivity contribution >= 4 is 34.6 Å². The number of ether oxygens (including phenoxy) is 1. The van der Waals surface area contributed by atoms with Gasteiger partial charge in [0.05, 0.1) is 34.4 Å². The second kappa shape index (κ2) is 8.56. The number of benzene rings is 2. The predicted molar refractivity (Wildman–Crippen MR) is 109 cm³/mol. The maximum absolute atomic E-state index is 12.5. The van der Waals surface area contributed by atoms with Gasteiger partial charge < -0.3 is 15.4 Å². The minimum atomic E-state index is -0.306. The van der Waals surface area contributed by atoms with E-state index < -0.39 is 0 Å². The number of carbonyl (C=O) groups is 1. The lowest BCUT2D eigenvalue weighted by molar-refractivity contribution is 0.102. The Labute approximate surface area is 163 Å². The van der Waals surface area contributed by atoms with Crippen LogP contribution in [0.1, 0.15) is 24.3 Å². The number of nitrogens with one attached hydrogen (secondary N) is 2. The largest absolute Gasteiger partial charge is 0.489 e. The Morgan fingerprint density at radius 3 is 2.37 bits per heavy atom. The van der Waals surface area contributed by atoms with Gasteiger partial charge in [0.15, 0.2) is 0 Å². The summed E-state index contributed by atoms with van der Waals surface area (Å²) in [4.78, 5) is 16.7. The summed E-state index contributed by atoms with van der Waals surface area (Å²) in [6.07, 6.45) is 1.60. The fraction of sp³-hybridized carbons (Fsp3) is 0.143. The van der Waals surface area contributed by atoms with Gasteiger partial charge in [0, 0.05) is 0 Å². The third-order valence-electron chi connectivity index (χ3n) is 3.65. The Bertz CT molecular complexity index is 927. The molecule has 0 bridgehead atoms. The monoisotopic (exact) mass is 381 g/mol. The molecular formula is C21H20ClN3O2. The van der Waals surface area contributed by atoms with Crippen LogP contribution in [0.25, 0.3) is 0 Å². The summed E-state index contributed by atoms with van der Waals surface area (Å²) >= 11 is 6.14. The zero-order valence-corrected chi connectivity index (χ0v) is 15.8. The first kappa shape index (κ1) is 18.7. The number of pyridine rings is 1. The Balaban J connectivity index is 1.70. The van der Waals surface area contributed by atoms with Crippen LogP contribution in [0.2, 0.25) is 5.02 Å². The van der Waals surface area contributed by atoms with Crippen LogP contribution in [0.3, 0.4) is 0 Å². The van der Waals surface area contributed by atoms with Crippen molar-refractivity contribution in [3.63, 3.8) is 0 Å². The first-order valence-corrected chi connectivity index (χ1v) is 8.95. The van der Waals surface area contributed by atoms with Crippen LogP contribution in [0, 0.1) is 0 Å². The molecule has 138 valence electrons. The molecule has 6 heteroatoms. The maximum atomic E-state index is 12.5. The second-order valence-corrected chi connectivity index (χ2v) is 6.56. The van der Waals surface area contributed by atoms with Crippen LogP contribution in [-0.4, -0.2) is 17.0 Å². The first-order valence-electron chi connectivity index (χ1n) is 8.57. The Morgan fingerprint density at radius 1 is 1.00 bits per heavy atom. The van der Waals surface area contributed by atoms with Crippen LogP contribution in [0.15, 0.2) is 66.9 Å². The highest BCUT2D eigenvalue weighted by atomic mass is 35.5. The van der Waals surface area contributed by atoms with E-state index in [1.807, 2.05) is 50.2 Å². The zero-order chi connectivity index (χ0) is 19.2. The molecule has 0 fully saturated rings. The molecule has 3 aromatic rings. The molecular weight excluding hydrogens is 362 g/mol. The van der Waals surface area contributed by atoms with Gasteiger partial charge in [-0.1, -0.05) is 35.9 Å². The van der Waals surface area contributed by atoms with Crippen molar-refractivity contribution in [1.29, 1.82) is 0 Å². The van der Waals surface area contributed by atoms with Crippen molar-refractivity contribution in [2.24, 2.45) is 0 Å². The van der Waals surface area contributed by atoms with Gasteiger partial charge >= 0.3 is 0 Å². The lowest BCUT2D eigenvalue weighted by Crippen LogP contribution is -2.15. The quantitative estimate of drug-likeness (QED) is 0.590. The van der Waals surface area contributed by atoms with Gasteiger partial charge in [0.1, 0.15) is 11.4 Å². The molecule has 0 radical (unpaired) electrons. The van der Waals surface area contributed by atoms with Crippen LogP contribution in [0.4, 0.5) is 17.1 Å². The molecule has 0 spiro atoms. The normalized spacial score (nSPS) is 10.5. The Morgan fingerprint density at radius 2 is 1.70 bits per heavy atom. The second-order valence-electron chi connectivity index (χ2n) is 6.15. The van der Waals surface area contributed by atoms with Crippen LogP contribution in [0.5, 0.6) is 5.75 Å². The van der Waals surface area contributed by atoms with Gasteiger partial charge in [-0.2, -0.15) is 0 Å². The SMILES string of the molecule is CC(C)Oc1ccccc1NC(=O)c1ccc(Nc2ccccc2Cl)cn1. The number of carbonyl (C=O) groups excluding carboxylic acids is 1. The molecule has 1 heterocycles. The smallest absolute Gasteiger partial charge is 0.274 e. The highest BCUT2D eigenvalue weighted by molar-refractivity contribution is 6.33. The Hall–Kier alpha value is -3.05. The summed E-state index contributed by atoms with van der Waals surface area (Å²) in [5.41, 5.74) is 2.43. The number of aromatic nitrogens is 1. The van der Waals surface area contributed by atoms with E-state index in [1.165, 1.54) is 0 Å². The van der Waals surface area contributed by atoms with Gasteiger partial charge in [-0.15, -0.1) is 0 Å². The molecule has 0 atom stereocenters. The highest BCUT2D eigenvalue weighted by Gasteiger charge is 2.12. The summed E-state index contributed by atoms with van der Waals surface area (Å²) < 4.78 is 5.72. The number of anilines is 3. The first-order chi connectivity index (χ1) is 13.0. The lowest BCUT2D eigenvalue weighted by Gasteiger charge is -2.14. The van der Waals surface area contributed by atoms with Gasteiger partial charge in [-0.3, -0.25) is 4.79 Å². The zero-order valence-electron chi connectivity index (χ0n) is 15.1. The van der Waals surface area contributed by atoms with E-state index in [2.05, 4.69) is 15.6 Å². The van der Waals surface area contributed by atoms with Crippen LogP contribution < -0.4 is 15.4 Å². The van der Waals surface area contributed by atoms with E-state index in [4.69, 9.17) is 16.3 Å².